The Balaban J connectivity index is 0.000000174. The van der Waals surface area contributed by atoms with Crippen molar-refractivity contribution >= 4 is 40.7 Å². The first-order valence-corrected chi connectivity index (χ1v) is 10.7. The van der Waals surface area contributed by atoms with Crippen LogP contribution in [0.3, 0.4) is 0 Å². The fourth-order valence-corrected chi connectivity index (χ4v) is 4.93. The maximum absolute atomic E-state index is 2.26. The largest absolute Gasteiger partial charge is 2.00 e. The van der Waals surface area contributed by atoms with Crippen molar-refractivity contribution in [3.05, 3.63) is 108 Å². The van der Waals surface area contributed by atoms with Crippen LogP contribution < -0.4 is 10.6 Å². The molecule has 0 aliphatic heterocycles. The Kier molecular flexibility index (Phi) is 7.25. The van der Waals surface area contributed by atoms with E-state index < -0.39 is 0 Å². The molecule has 0 aliphatic rings. The zero-order valence-electron chi connectivity index (χ0n) is 17.2. The number of rotatable bonds is 2. The van der Waals surface area contributed by atoms with Crippen molar-refractivity contribution in [1.29, 1.82) is 0 Å². The molecule has 0 amide bonds. The van der Waals surface area contributed by atoms with Crippen LogP contribution in [0, 0.1) is 20.8 Å². The number of benzene rings is 3. The fourth-order valence-electron chi connectivity index (χ4n) is 3.66. The average molecular weight is 428 g/mol. The van der Waals surface area contributed by atoms with Gasteiger partial charge in [0.25, 0.3) is 0 Å². The Hall–Kier alpha value is -1.98. The van der Waals surface area contributed by atoms with Crippen molar-refractivity contribution in [3.63, 3.8) is 0 Å². The molecule has 0 saturated heterocycles. The van der Waals surface area contributed by atoms with E-state index in [1.165, 1.54) is 48.8 Å². The smallest absolute Gasteiger partial charge is 0.168 e. The van der Waals surface area contributed by atoms with Crippen molar-refractivity contribution in [2.75, 3.05) is 0 Å². The third-order valence-electron chi connectivity index (χ3n) is 5.34. The molecule has 0 saturated carbocycles. The van der Waals surface area contributed by atoms with Crippen LogP contribution in [0.15, 0.2) is 91.0 Å². The Labute approximate surface area is 190 Å². The van der Waals surface area contributed by atoms with Gasteiger partial charge in [0.15, 0.2) is 0 Å². The van der Waals surface area contributed by atoms with Gasteiger partial charge in [-0.2, -0.15) is 18.2 Å². The van der Waals surface area contributed by atoms with E-state index >= 15 is 0 Å². The molecule has 1 unspecified atom stereocenters. The van der Waals surface area contributed by atoms with E-state index in [2.05, 4.69) is 112 Å². The van der Waals surface area contributed by atoms with Crippen molar-refractivity contribution in [2.24, 2.45) is 0 Å². The van der Waals surface area contributed by atoms with Crippen molar-refractivity contribution in [3.8, 4) is 0 Å². The summed E-state index contributed by atoms with van der Waals surface area (Å²) in [5.74, 6) is 0. The van der Waals surface area contributed by atoms with Crippen LogP contribution in [0.4, 0.5) is 0 Å². The Morgan fingerprint density at radius 3 is 2.24 bits per heavy atom. The van der Waals surface area contributed by atoms with Gasteiger partial charge in [-0.3, -0.25) is 0 Å². The number of hydrogen-bond acceptors (Lipinski definition) is 0. The first-order chi connectivity index (χ1) is 13.6. The van der Waals surface area contributed by atoms with Gasteiger partial charge in [0, 0.05) is 0 Å². The molecule has 5 aromatic carbocycles. The Morgan fingerprint density at radius 2 is 1.45 bits per heavy atom. The van der Waals surface area contributed by atoms with Gasteiger partial charge in [-0.1, -0.05) is 48.9 Å². The molecule has 0 N–H and O–H groups in total. The predicted molar refractivity (Wildman–Crippen MR) is 127 cm³/mol. The van der Waals surface area contributed by atoms with Gasteiger partial charge in [-0.15, -0.1) is 77.4 Å². The maximum Gasteiger partial charge on any atom is 2.00 e. The van der Waals surface area contributed by atoms with Gasteiger partial charge < -0.3 is 0 Å². The van der Waals surface area contributed by atoms with E-state index in [4.69, 9.17) is 0 Å². The molecule has 5 rings (SSSR count). The summed E-state index contributed by atoms with van der Waals surface area (Å²) in [6.45, 7) is 6.50. The summed E-state index contributed by atoms with van der Waals surface area (Å²) < 4.78 is 0. The topological polar surface area (TPSA) is 0 Å². The standard InChI is InChI=1S/C16H14P.C11H11.Ti/c1-12-6-2-5-9-15(12)17-16-11-10-13-7-3-4-8-14(13)16;1-8-6-7-9(2)11-5-3-4-10(8)11;/h2-11,17H,1H3;3-7H,1-2H3;/q2*-1;+2. The van der Waals surface area contributed by atoms with Crippen LogP contribution in [-0.4, -0.2) is 0 Å². The molecule has 0 bridgehead atoms. The van der Waals surface area contributed by atoms with Crippen molar-refractivity contribution < 1.29 is 21.7 Å². The molecule has 0 spiro atoms. The Bertz CT molecular complexity index is 1190. The zero-order valence-corrected chi connectivity index (χ0v) is 19.7. The minimum atomic E-state index is 0. The van der Waals surface area contributed by atoms with E-state index in [-0.39, 0.29) is 21.7 Å². The van der Waals surface area contributed by atoms with Crippen molar-refractivity contribution in [2.45, 2.75) is 20.8 Å². The molecule has 142 valence electrons. The van der Waals surface area contributed by atoms with Crippen LogP contribution in [0.2, 0.25) is 0 Å². The summed E-state index contributed by atoms with van der Waals surface area (Å²) in [4.78, 5) is 0. The van der Waals surface area contributed by atoms with Gasteiger partial charge in [-0.05, 0) is 24.7 Å². The van der Waals surface area contributed by atoms with E-state index in [0.29, 0.717) is 0 Å². The second-order valence-corrected chi connectivity index (χ2v) is 8.65. The zero-order chi connectivity index (χ0) is 19.5. The molecule has 5 aromatic rings. The Morgan fingerprint density at radius 1 is 0.724 bits per heavy atom. The van der Waals surface area contributed by atoms with Crippen molar-refractivity contribution in [1.82, 2.24) is 0 Å². The van der Waals surface area contributed by atoms with Gasteiger partial charge in [0.2, 0.25) is 0 Å². The van der Waals surface area contributed by atoms with Gasteiger partial charge in [0.05, 0.1) is 0 Å². The van der Waals surface area contributed by atoms with E-state index in [1.54, 1.807) is 0 Å². The fraction of sp³-hybridized carbons (Fsp3) is 0.111. The SMILES string of the molecule is Cc1ccc(C)c2[cH-]ccc12.Cc1ccccc1P[c-]1ccc2ccccc21.[Ti+2]. The van der Waals surface area contributed by atoms with E-state index in [0.717, 1.165) is 8.58 Å². The average Bonchev–Trinajstić information content (AvgIpc) is 3.36. The first-order valence-electron chi connectivity index (χ1n) is 9.72. The molecular formula is C27H25PTi. The second kappa shape index (κ2) is 9.68. The third kappa shape index (κ3) is 4.79. The van der Waals surface area contributed by atoms with Gasteiger partial charge in [0.1, 0.15) is 0 Å². The molecule has 0 fully saturated rings. The molecular weight excluding hydrogens is 403 g/mol. The predicted octanol–water partition coefficient (Wildman–Crippen LogP) is 6.67. The molecule has 0 aliphatic carbocycles. The first kappa shape index (κ1) is 21.7. The van der Waals surface area contributed by atoms with Crippen LogP contribution in [0.25, 0.3) is 21.5 Å². The molecule has 1 atom stereocenters. The van der Waals surface area contributed by atoms with E-state index in [9.17, 15) is 0 Å². The third-order valence-corrected chi connectivity index (χ3v) is 6.88. The summed E-state index contributed by atoms with van der Waals surface area (Å²) in [6, 6.07) is 32.6. The normalized spacial score (nSPS) is 10.9. The number of fused-ring (bicyclic) bond motifs is 2. The molecule has 0 nitrogen and oxygen atoms in total. The van der Waals surface area contributed by atoms with Gasteiger partial charge >= 0.3 is 21.7 Å². The molecule has 2 heteroatoms. The van der Waals surface area contributed by atoms with Crippen LogP contribution in [-0.2, 0) is 21.7 Å². The summed E-state index contributed by atoms with van der Waals surface area (Å²) in [6.07, 6.45) is 0. The molecule has 0 radical (unpaired) electrons. The summed E-state index contributed by atoms with van der Waals surface area (Å²) in [5, 5.41) is 8.44. The quantitative estimate of drug-likeness (QED) is 0.167. The molecule has 0 heterocycles. The maximum atomic E-state index is 2.26. The van der Waals surface area contributed by atoms with Crippen LogP contribution in [0.5, 0.6) is 0 Å². The monoisotopic (exact) mass is 428 g/mol. The molecule has 29 heavy (non-hydrogen) atoms. The van der Waals surface area contributed by atoms with Crippen LogP contribution >= 0.6 is 8.58 Å². The van der Waals surface area contributed by atoms with E-state index in [1.807, 2.05) is 0 Å². The second-order valence-electron chi connectivity index (χ2n) is 7.33. The summed E-state index contributed by atoms with van der Waals surface area (Å²) in [5.41, 5.74) is 4.13. The molecule has 0 aromatic heterocycles. The summed E-state index contributed by atoms with van der Waals surface area (Å²) in [7, 11) is 0.754. The minimum absolute atomic E-state index is 0. The van der Waals surface area contributed by atoms with Crippen LogP contribution in [0.1, 0.15) is 16.7 Å². The van der Waals surface area contributed by atoms with Gasteiger partial charge in [-0.25, -0.2) is 0 Å². The minimum Gasteiger partial charge on any atom is -0.168 e. The number of aryl methyl sites for hydroxylation is 3. The summed E-state index contributed by atoms with van der Waals surface area (Å²) >= 11 is 0. The number of hydrogen-bond donors (Lipinski definition) is 0.